The van der Waals surface area contributed by atoms with Gasteiger partial charge in [0.25, 0.3) is 0 Å². The first-order valence-corrected chi connectivity index (χ1v) is 20.2. The summed E-state index contributed by atoms with van der Waals surface area (Å²) < 4.78 is 45.8. The van der Waals surface area contributed by atoms with E-state index in [4.69, 9.17) is 37.9 Å². The van der Waals surface area contributed by atoms with Crippen LogP contribution in [0.2, 0.25) is 0 Å². The van der Waals surface area contributed by atoms with Crippen LogP contribution in [0.15, 0.2) is 121 Å². The summed E-state index contributed by atoms with van der Waals surface area (Å²) in [5.74, 6) is 4.87. The molecule has 0 radical (unpaired) electrons. The van der Waals surface area contributed by atoms with E-state index < -0.39 is 0 Å². The molecule has 0 spiro atoms. The summed E-state index contributed by atoms with van der Waals surface area (Å²) in [6, 6.07) is 39.7. The van der Waals surface area contributed by atoms with Gasteiger partial charge in [0.1, 0.15) is 60.9 Å². The van der Waals surface area contributed by atoms with Gasteiger partial charge in [-0.05, 0) is 95.1 Å². The van der Waals surface area contributed by atoms with Gasteiger partial charge in [-0.15, -0.1) is 0 Å². The molecule has 7 rings (SSSR count). The summed E-state index contributed by atoms with van der Waals surface area (Å²) in [6.45, 7) is 17.0. The van der Waals surface area contributed by atoms with Crippen LogP contribution in [0.1, 0.15) is 76.6 Å². The van der Waals surface area contributed by atoms with Crippen molar-refractivity contribution < 1.29 is 37.9 Å². The van der Waals surface area contributed by atoms with Crippen LogP contribution in [0.25, 0.3) is 0 Å². The highest BCUT2D eigenvalue weighted by Crippen LogP contribution is 2.23. The van der Waals surface area contributed by atoms with E-state index in [1.807, 2.05) is 114 Å². The summed E-state index contributed by atoms with van der Waals surface area (Å²) in [5, 5.41) is 0. The average molecular weight is 765 g/mol. The van der Waals surface area contributed by atoms with Gasteiger partial charge in [0, 0.05) is 12.8 Å². The van der Waals surface area contributed by atoms with Crippen LogP contribution in [-0.2, 0) is 35.9 Å². The number of epoxide rings is 2. The van der Waals surface area contributed by atoms with Gasteiger partial charge in [-0.25, -0.2) is 0 Å². The van der Waals surface area contributed by atoms with Gasteiger partial charge >= 0.3 is 0 Å². The number of hydrogen-bond donors (Lipinski definition) is 0. The molecule has 8 heteroatoms. The molecule has 2 heterocycles. The maximum atomic E-state index is 6.01. The summed E-state index contributed by atoms with van der Waals surface area (Å²) >= 11 is 0. The van der Waals surface area contributed by atoms with Crippen molar-refractivity contribution in [2.24, 2.45) is 0 Å². The van der Waals surface area contributed by atoms with Crippen LogP contribution < -0.4 is 28.4 Å². The van der Waals surface area contributed by atoms with Gasteiger partial charge in [-0.1, -0.05) is 90.1 Å². The molecule has 2 unspecified atom stereocenters. The summed E-state index contributed by atoms with van der Waals surface area (Å²) in [7, 11) is 0. The summed E-state index contributed by atoms with van der Waals surface area (Å²) in [5.41, 5.74) is 4.34. The number of hydrogen-bond acceptors (Lipinski definition) is 8. The Morgan fingerprint density at radius 3 is 0.732 bits per heavy atom. The molecule has 300 valence electrons. The number of rotatable bonds is 20. The van der Waals surface area contributed by atoms with Crippen molar-refractivity contribution in [1.29, 1.82) is 0 Å². The molecule has 8 nitrogen and oxygen atoms in total. The Morgan fingerprint density at radius 1 is 0.339 bits per heavy atom. The topological polar surface area (TPSA) is 80.4 Å². The fourth-order valence-electron chi connectivity index (χ4n) is 5.11. The summed E-state index contributed by atoms with van der Waals surface area (Å²) in [6.07, 6.45) is 2.63. The van der Waals surface area contributed by atoms with Crippen molar-refractivity contribution in [1.82, 2.24) is 0 Å². The van der Waals surface area contributed by atoms with Crippen LogP contribution in [0.3, 0.4) is 0 Å². The van der Waals surface area contributed by atoms with E-state index in [-0.39, 0.29) is 0 Å². The number of ether oxygens (including phenoxy) is 8. The first-order valence-electron chi connectivity index (χ1n) is 20.2. The Hall–Kier alpha value is -5.18. The van der Waals surface area contributed by atoms with Crippen LogP contribution in [0, 0.1) is 0 Å². The molecular weight excluding hydrogens is 705 g/mol. The zero-order valence-electron chi connectivity index (χ0n) is 34.0. The third-order valence-corrected chi connectivity index (χ3v) is 8.36. The van der Waals surface area contributed by atoms with E-state index in [0.29, 0.717) is 51.8 Å². The van der Waals surface area contributed by atoms with E-state index in [0.717, 1.165) is 82.8 Å². The molecule has 0 bridgehead atoms. The molecule has 5 aromatic rings. The highest BCUT2D eigenvalue weighted by atomic mass is 16.6. The van der Waals surface area contributed by atoms with E-state index in [1.165, 1.54) is 0 Å². The molecule has 0 saturated carbocycles. The summed E-state index contributed by atoms with van der Waals surface area (Å²) in [4.78, 5) is 0. The standard InChI is InChI=1S/C42H42O8.3C2H6/c1-5-33(6-2-31(1)25-45-37-13-9-35(10-14-37)43-23-21-41-29-49-41)27-47-39-17-19-40(20-18-39)48-28-34-7-3-32(4-8-34)26-46-38-15-11-36(12-16-38)44-24-22-42-30-50-42;3*1-2/h1-20,41-42H,21-30H2;3*1-2H3. The van der Waals surface area contributed by atoms with E-state index in [2.05, 4.69) is 48.5 Å². The molecular formula is C48H60O8. The molecule has 0 amide bonds. The molecule has 5 aromatic carbocycles. The predicted octanol–water partition coefficient (Wildman–Crippen LogP) is 11.4. The lowest BCUT2D eigenvalue weighted by Gasteiger charge is -2.11. The second-order valence-electron chi connectivity index (χ2n) is 12.4. The minimum Gasteiger partial charge on any atom is -0.493 e. The van der Waals surface area contributed by atoms with Crippen LogP contribution in [-0.4, -0.2) is 38.6 Å². The van der Waals surface area contributed by atoms with Gasteiger partial charge < -0.3 is 37.9 Å². The maximum Gasteiger partial charge on any atom is 0.120 e. The van der Waals surface area contributed by atoms with Crippen molar-refractivity contribution in [2.75, 3.05) is 26.4 Å². The largest absolute Gasteiger partial charge is 0.493 e. The van der Waals surface area contributed by atoms with Crippen molar-refractivity contribution in [3.8, 4) is 34.5 Å². The average Bonchev–Trinajstić information content (AvgIpc) is 4.23. The predicted molar refractivity (Wildman–Crippen MR) is 223 cm³/mol. The smallest absolute Gasteiger partial charge is 0.120 e. The van der Waals surface area contributed by atoms with Crippen LogP contribution >= 0.6 is 0 Å². The molecule has 0 aromatic heterocycles. The van der Waals surface area contributed by atoms with Gasteiger partial charge in [0.15, 0.2) is 0 Å². The monoisotopic (exact) mass is 764 g/mol. The number of benzene rings is 5. The van der Waals surface area contributed by atoms with Gasteiger partial charge in [0.05, 0.1) is 38.6 Å². The highest BCUT2D eigenvalue weighted by molar-refractivity contribution is 5.34. The second kappa shape index (κ2) is 25.1. The van der Waals surface area contributed by atoms with Crippen molar-refractivity contribution in [2.45, 2.75) is 93.0 Å². The van der Waals surface area contributed by atoms with E-state index in [9.17, 15) is 0 Å². The van der Waals surface area contributed by atoms with Crippen molar-refractivity contribution in [3.05, 3.63) is 144 Å². The fourth-order valence-corrected chi connectivity index (χ4v) is 5.11. The quantitative estimate of drug-likeness (QED) is 0.0725. The first kappa shape index (κ1) is 43.5. The van der Waals surface area contributed by atoms with Crippen molar-refractivity contribution >= 4 is 0 Å². The maximum absolute atomic E-state index is 6.01. The van der Waals surface area contributed by atoms with Crippen LogP contribution in [0.4, 0.5) is 0 Å². The minimum atomic E-state index is 0.381. The van der Waals surface area contributed by atoms with Crippen LogP contribution in [0.5, 0.6) is 34.5 Å². The third kappa shape index (κ3) is 16.3. The lowest BCUT2D eigenvalue weighted by molar-refractivity contribution is 0.280. The SMILES string of the molecule is CC.CC.CC.c1cc(COc2ccc(OCc3ccc(COc4ccc(OCCC5CO5)cc4)cc3)cc2)ccc1COc1ccc(OCCC2CO2)cc1. The molecule has 2 aliphatic heterocycles. The zero-order valence-corrected chi connectivity index (χ0v) is 34.0. The first-order chi connectivity index (χ1) is 27.7. The molecule has 2 fully saturated rings. The Bertz CT molecular complexity index is 1600. The second-order valence-corrected chi connectivity index (χ2v) is 12.4. The molecule has 56 heavy (non-hydrogen) atoms. The molecule has 2 atom stereocenters. The van der Waals surface area contributed by atoms with Crippen molar-refractivity contribution in [3.63, 3.8) is 0 Å². The Morgan fingerprint density at radius 2 is 0.536 bits per heavy atom. The Labute approximate surface area is 334 Å². The van der Waals surface area contributed by atoms with Gasteiger partial charge in [-0.3, -0.25) is 0 Å². The van der Waals surface area contributed by atoms with Gasteiger partial charge in [-0.2, -0.15) is 0 Å². The molecule has 2 saturated heterocycles. The molecule has 2 aliphatic rings. The van der Waals surface area contributed by atoms with E-state index >= 15 is 0 Å². The van der Waals surface area contributed by atoms with E-state index in [1.54, 1.807) is 0 Å². The lowest BCUT2D eigenvalue weighted by atomic mass is 10.1. The fraction of sp³-hybridized carbons (Fsp3) is 0.375. The Kier molecular flexibility index (Phi) is 19.5. The highest BCUT2D eigenvalue weighted by Gasteiger charge is 2.22. The lowest BCUT2D eigenvalue weighted by Crippen LogP contribution is -2.01. The zero-order chi connectivity index (χ0) is 39.8. The molecule has 0 N–H and O–H groups in total. The Balaban J connectivity index is 0.00000111. The molecule has 0 aliphatic carbocycles. The normalized spacial score (nSPS) is 14.5. The minimum absolute atomic E-state index is 0.381. The third-order valence-electron chi connectivity index (χ3n) is 8.36. The van der Waals surface area contributed by atoms with Gasteiger partial charge in [0.2, 0.25) is 0 Å².